The minimum Gasteiger partial charge on any atom is -0.336 e. The molecule has 1 amide bonds. The van der Waals surface area contributed by atoms with Crippen molar-refractivity contribution < 1.29 is 31.3 Å². The highest BCUT2D eigenvalue weighted by atomic mass is 32.2. The number of rotatable bonds is 4. The van der Waals surface area contributed by atoms with Crippen LogP contribution in [0.5, 0.6) is 0 Å². The van der Waals surface area contributed by atoms with E-state index in [1.54, 1.807) is 0 Å². The van der Waals surface area contributed by atoms with Gasteiger partial charge in [0.2, 0.25) is 10.0 Å². The fourth-order valence-corrected chi connectivity index (χ4v) is 4.43. The Balaban J connectivity index is 1.66. The van der Waals surface area contributed by atoms with Crippen molar-refractivity contribution in [3.8, 4) is 0 Å². The zero-order valence-electron chi connectivity index (χ0n) is 15.4. The zero-order valence-corrected chi connectivity index (χ0v) is 16.2. The van der Waals surface area contributed by atoms with Crippen molar-refractivity contribution in [1.82, 2.24) is 9.21 Å². The number of halogens is 3. The molecule has 0 unspecified atom stereocenters. The Hall–Kier alpha value is -2.99. The van der Waals surface area contributed by atoms with E-state index in [9.17, 15) is 36.5 Å². The third-order valence-electron chi connectivity index (χ3n) is 4.67. The number of nitro groups is 1. The van der Waals surface area contributed by atoms with E-state index in [-0.39, 0.29) is 42.3 Å². The first-order valence-electron chi connectivity index (χ1n) is 8.71. The largest absolute Gasteiger partial charge is 0.416 e. The molecule has 0 aliphatic carbocycles. The number of amides is 1. The van der Waals surface area contributed by atoms with Crippen molar-refractivity contribution in [3.05, 3.63) is 69.8 Å². The van der Waals surface area contributed by atoms with Crippen LogP contribution in [0.2, 0.25) is 0 Å². The van der Waals surface area contributed by atoms with Gasteiger partial charge in [-0.2, -0.15) is 17.5 Å². The number of carbonyl (C=O) groups excluding carboxylic acids is 1. The van der Waals surface area contributed by atoms with Gasteiger partial charge in [0.25, 0.3) is 11.6 Å². The lowest BCUT2D eigenvalue weighted by atomic mass is 10.1. The number of benzene rings is 2. The molecule has 1 fully saturated rings. The molecule has 0 N–H and O–H groups in total. The Kier molecular flexibility index (Phi) is 5.81. The smallest absolute Gasteiger partial charge is 0.336 e. The van der Waals surface area contributed by atoms with E-state index in [4.69, 9.17) is 0 Å². The first-order chi connectivity index (χ1) is 14.0. The lowest BCUT2D eigenvalue weighted by Gasteiger charge is -2.34. The van der Waals surface area contributed by atoms with Crippen LogP contribution in [0.25, 0.3) is 0 Å². The van der Waals surface area contributed by atoms with E-state index in [2.05, 4.69) is 0 Å². The van der Waals surface area contributed by atoms with Crippen LogP contribution >= 0.6 is 0 Å². The zero-order chi connectivity index (χ0) is 22.1. The highest BCUT2D eigenvalue weighted by molar-refractivity contribution is 7.89. The van der Waals surface area contributed by atoms with Gasteiger partial charge in [-0.1, -0.05) is 0 Å². The second kappa shape index (κ2) is 8.03. The van der Waals surface area contributed by atoms with E-state index in [0.717, 1.165) is 52.8 Å². The number of hydrogen-bond donors (Lipinski definition) is 0. The van der Waals surface area contributed by atoms with E-state index in [0.29, 0.717) is 0 Å². The number of hydrogen-bond acceptors (Lipinski definition) is 5. The monoisotopic (exact) mass is 443 g/mol. The van der Waals surface area contributed by atoms with E-state index >= 15 is 0 Å². The summed E-state index contributed by atoms with van der Waals surface area (Å²) in [7, 11) is -3.89. The van der Waals surface area contributed by atoms with Crippen molar-refractivity contribution in [2.45, 2.75) is 11.1 Å². The van der Waals surface area contributed by atoms with Crippen molar-refractivity contribution in [2.75, 3.05) is 26.2 Å². The summed E-state index contributed by atoms with van der Waals surface area (Å²) in [5.74, 6) is -0.490. The first-order valence-corrected chi connectivity index (χ1v) is 10.2. The molecule has 0 bridgehead atoms. The normalized spacial score (nSPS) is 15.8. The lowest BCUT2D eigenvalue weighted by molar-refractivity contribution is -0.384. The van der Waals surface area contributed by atoms with E-state index < -0.39 is 32.6 Å². The van der Waals surface area contributed by atoms with Gasteiger partial charge < -0.3 is 4.90 Å². The Morgan fingerprint density at radius 2 is 1.47 bits per heavy atom. The predicted octanol–water partition coefficient (Wildman–Crippen LogP) is 2.76. The minimum atomic E-state index is -4.50. The number of piperazine rings is 1. The van der Waals surface area contributed by atoms with Gasteiger partial charge >= 0.3 is 6.18 Å². The molecule has 3 rings (SSSR count). The maximum Gasteiger partial charge on any atom is 0.416 e. The van der Waals surface area contributed by atoms with Crippen LogP contribution in [0, 0.1) is 10.1 Å². The molecule has 12 heteroatoms. The Morgan fingerprint density at radius 1 is 0.933 bits per heavy atom. The fourth-order valence-electron chi connectivity index (χ4n) is 3.00. The van der Waals surface area contributed by atoms with Crippen LogP contribution in [-0.4, -0.2) is 54.6 Å². The lowest BCUT2D eigenvalue weighted by Crippen LogP contribution is -2.50. The first kappa shape index (κ1) is 21.7. The summed E-state index contributed by atoms with van der Waals surface area (Å²) in [6.07, 6.45) is -4.50. The van der Waals surface area contributed by atoms with Crippen molar-refractivity contribution >= 4 is 21.6 Å². The number of nitrogens with zero attached hydrogens (tertiary/aromatic N) is 3. The van der Waals surface area contributed by atoms with Crippen LogP contribution in [-0.2, 0) is 16.2 Å². The molecule has 0 spiro atoms. The van der Waals surface area contributed by atoms with Gasteiger partial charge in [-0.15, -0.1) is 0 Å². The fraction of sp³-hybridized carbons (Fsp3) is 0.278. The van der Waals surface area contributed by atoms with Crippen molar-refractivity contribution in [2.24, 2.45) is 0 Å². The number of nitro benzene ring substituents is 1. The molecular weight excluding hydrogens is 427 g/mol. The number of alkyl halides is 3. The maximum absolute atomic E-state index is 12.7. The summed E-state index contributed by atoms with van der Waals surface area (Å²) in [5.41, 5.74) is -1.02. The average molecular weight is 443 g/mol. The third-order valence-corrected chi connectivity index (χ3v) is 6.58. The molecule has 1 heterocycles. The molecule has 0 saturated carbocycles. The molecule has 8 nitrogen and oxygen atoms in total. The number of sulfonamides is 1. The average Bonchev–Trinajstić information content (AvgIpc) is 2.73. The summed E-state index contributed by atoms with van der Waals surface area (Å²) in [6.45, 7) is 0.107. The Bertz CT molecular complexity index is 1050. The second-order valence-electron chi connectivity index (χ2n) is 6.52. The summed E-state index contributed by atoms with van der Waals surface area (Å²) >= 11 is 0. The third kappa shape index (κ3) is 4.44. The molecular formula is C18H16F3N3O5S. The Labute approximate surface area is 169 Å². The summed E-state index contributed by atoms with van der Waals surface area (Å²) in [6, 6.07) is 8.30. The number of non-ortho nitro benzene ring substituents is 1. The van der Waals surface area contributed by atoms with Gasteiger partial charge in [0.1, 0.15) is 0 Å². The minimum absolute atomic E-state index is 0.00824. The summed E-state index contributed by atoms with van der Waals surface area (Å²) < 4.78 is 64.5. The van der Waals surface area contributed by atoms with Crippen LogP contribution in [0.3, 0.4) is 0 Å². The molecule has 0 aromatic heterocycles. The van der Waals surface area contributed by atoms with Crippen LogP contribution < -0.4 is 0 Å². The van der Waals surface area contributed by atoms with E-state index in [1.165, 1.54) is 4.90 Å². The van der Waals surface area contributed by atoms with Crippen molar-refractivity contribution in [1.29, 1.82) is 0 Å². The molecule has 0 radical (unpaired) electrons. The van der Waals surface area contributed by atoms with Crippen LogP contribution in [0.1, 0.15) is 15.9 Å². The quantitative estimate of drug-likeness (QED) is 0.534. The second-order valence-corrected chi connectivity index (χ2v) is 8.46. The SMILES string of the molecule is O=C(c1ccc(C(F)(F)F)cc1)N1CCN(S(=O)(=O)c2ccc([N+](=O)[O-])cc2)CC1. The van der Waals surface area contributed by atoms with E-state index in [1.807, 2.05) is 0 Å². The van der Waals surface area contributed by atoms with Crippen LogP contribution in [0.4, 0.5) is 18.9 Å². The topological polar surface area (TPSA) is 101 Å². The Morgan fingerprint density at radius 3 is 1.93 bits per heavy atom. The van der Waals surface area contributed by atoms with Gasteiger partial charge in [0.15, 0.2) is 0 Å². The molecule has 160 valence electrons. The maximum atomic E-state index is 12.7. The summed E-state index contributed by atoms with van der Waals surface area (Å²) in [4.78, 5) is 23.8. The number of carbonyl (C=O) groups is 1. The molecule has 30 heavy (non-hydrogen) atoms. The van der Waals surface area contributed by atoms with Gasteiger partial charge in [-0.25, -0.2) is 8.42 Å². The standard InChI is InChI=1S/C18H16F3N3O5S/c19-18(20,21)14-3-1-13(2-4-14)17(25)22-9-11-23(12-10-22)30(28,29)16-7-5-15(6-8-16)24(26)27/h1-8H,9-12H2. The highest BCUT2D eigenvalue weighted by Crippen LogP contribution is 2.29. The highest BCUT2D eigenvalue weighted by Gasteiger charge is 2.32. The van der Waals surface area contributed by atoms with Gasteiger partial charge in [-0.05, 0) is 36.4 Å². The molecule has 0 atom stereocenters. The van der Waals surface area contributed by atoms with Crippen LogP contribution in [0.15, 0.2) is 53.4 Å². The molecule has 1 aliphatic rings. The summed E-state index contributed by atoms with van der Waals surface area (Å²) in [5, 5.41) is 10.7. The molecule has 1 saturated heterocycles. The molecule has 2 aromatic rings. The molecule has 1 aliphatic heterocycles. The predicted molar refractivity (Wildman–Crippen MR) is 99.2 cm³/mol. The van der Waals surface area contributed by atoms with Gasteiger partial charge in [0.05, 0.1) is 15.4 Å². The van der Waals surface area contributed by atoms with Gasteiger partial charge in [0, 0.05) is 43.9 Å². The van der Waals surface area contributed by atoms with Crippen molar-refractivity contribution in [3.63, 3.8) is 0 Å². The molecule has 2 aromatic carbocycles. The van der Waals surface area contributed by atoms with Gasteiger partial charge in [-0.3, -0.25) is 14.9 Å².